The van der Waals surface area contributed by atoms with E-state index >= 15 is 0 Å². The van der Waals surface area contributed by atoms with Crippen LogP contribution in [0.15, 0.2) is 41.2 Å². The van der Waals surface area contributed by atoms with Crippen LogP contribution in [0.4, 0.5) is 0 Å². The van der Waals surface area contributed by atoms with Crippen LogP contribution < -0.4 is 5.69 Å². The number of para-hydroxylation sites is 1. The van der Waals surface area contributed by atoms with Crippen molar-refractivity contribution in [1.29, 1.82) is 0 Å². The predicted octanol–water partition coefficient (Wildman–Crippen LogP) is 2.49. The van der Waals surface area contributed by atoms with Crippen molar-refractivity contribution in [3.63, 3.8) is 0 Å². The van der Waals surface area contributed by atoms with Crippen LogP contribution in [0.2, 0.25) is 0 Å². The van der Waals surface area contributed by atoms with E-state index in [0.29, 0.717) is 0 Å². The van der Waals surface area contributed by atoms with Crippen LogP contribution in [0.3, 0.4) is 0 Å². The molecule has 1 aromatic carbocycles. The number of nitrogens with zero attached hydrogens (tertiary/aromatic N) is 2. The minimum atomic E-state index is -0.195. The molecule has 2 rings (SSSR count). The third-order valence-corrected chi connectivity index (χ3v) is 2.68. The smallest absolute Gasteiger partial charge is 0.265 e. The molecular weight excluding hydrogens is 212 g/mol. The van der Waals surface area contributed by atoms with E-state index in [2.05, 4.69) is 11.9 Å². The standard InChI is InChI=1S/C14H16N2O/c1-3-7-12-10-11(2)16(14(17)15-12)13-8-5-4-6-9-13/h4-6,8-10H,3,7H2,1-2H3. The van der Waals surface area contributed by atoms with Crippen molar-refractivity contribution in [3.8, 4) is 5.69 Å². The second kappa shape index (κ2) is 4.95. The highest BCUT2D eigenvalue weighted by Crippen LogP contribution is 2.08. The van der Waals surface area contributed by atoms with E-state index in [1.54, 1.807) is 4.57 Å². The highest BCUT2D eigenvalue weighted by molar-refractivity contribution is 5.33. The Labute approximate surface area is 101 Å². The van der Waals surface area contributed by atoms with E-state index in [4.69, 9.17) is 0 Å². The molecule has 0 aliphatic heterocycles. The first-order valence-electron chi connectivity index (χ1n) is 5.87. The van der Waals surface area contributed by atoms with Gasteiger partial charge in [0.2, 0.25) is 0 Å². The lowest BCUT2D eigenvalue weighted by Crippen LogP contribution is -2.24. The van der Waals surface area contributed by atoms with E-state index in [-0.39, 0.29) is 5.69 Å². The molecule has 0 fully saturated rings. The maximum Gasteiger partial charge on any atom is 0.352 e. The molecular formula is C14H16N2O. The number of benzene rings is 1. The molecule has 0 aliphatic rings. The molecule has 2 aromatic rings. The first-order valence-corrected chi connectivity index (χ1v) is 5.87. The van der Waals surface area contributed by atoms with Gasteiger partial charge < -0.3 is 0 Å². The van der Waals surface area contributed by atoms with E-state index < -0.39 is 0 Å². The predicted molar refractivity (Wildman–Crippen MR) is 68.6 cm³/mol. The van der Waals surface area contributed by atoms with Crippen molar-refractivity contribution in [1.82, 2.24) is 9.55 Å². The molecule has 0 spiro atoms. The molecule has 0 saturated heterocycles. The van der Waals surface area contributed by atoms with Crippen LogP contribution in [-0.2, 0) is 6.42 Å². The Morgan fingerprint density at radius 3 is 2.53 bits per heavy atom. The van der Waals surface area contributed by atoms with E-state index in [1.165, 1.54) is 0 Å². The maximum absolute atomic E-state index is 12.0. The minimum Gasteiger partial charge on any atom is -0.265 e. The zero-order chi connectivity index (χ0) is 12.3. The number of rotatable bonds is 3. The number of hydrogen-bond donors (Lipinski definition) is 0. The van der Waals surface area contributed by atoms with Crippen LogP contribution in [0.1, 0.15) is 24.7 Å². The molecule has 0 aliphatic carbocycles. The van der Waals surface area contributed by atoms with Gasteiger partial charge in [-0.2, -0.15) is 4.98 Å². The lowest BCUT2D eigenvalue weighted by molar-refractivity contribution is 0.803. The molecule has 0 saturated carbocycles. The van der Waals surface area contributed by atoms with Gasteiger partial charge in [-0.05, 0) is 31.5 Å². The lowest BCUT2D eigenvalue weighted by atomic mass is 10.2. The Hall–Kier alpha value is -1.90. The van der Waals surface area contributed by atoms with Gasteiger partial charge in [-0.15, -0.1) is 0 Å². The number of hydrogen-bond acceptors (Lipinski definition) is 2. The summed E-state index contributed by atoms with van der Waals surface area (Å²) in [7, 11) is 0. The third-order valence-electron chi connectivity index (χ3n) is 2.68. The molecule has 88 valence electrons. The second-order valence-corrected chi connectivity index (χ2v) is 4.09. The van der Waals surface area contributed by atoms with Gasteiger partial charge >= 0.3 is 5.69 Å². The molecule has 0 bridgehead atoms. The van der Waals surface area contributed by atoms with Crippen molar-refractivity contribution in [2.24, 2.45) is 0 Å². The van der Waals surface area contributed by atoms with Crippen molar-refractivity contribution in [2.45, 2.75) is 26.7 Å². The van der Waals surface area contributed by atoms with E-state index in [1.807, 2.05) is 43.3 Å². The quantitative estimate of drug-likeness (QED) is 0.809. The van der Waals surface area contributed by atoms with Gasteiger partial charge in [0.1, 0.15) is 0 Å². The Bertz CT molecular complexity index is 558. The maximum atomic E-state index is 12.0. The Balaban J connectivity index is 2.53. The van der Waals surface area contributed by atoms with Gasteiger partial charge in [0.15, 0.2) is 0 Å². The van der Waals surface area contributed by atoms with Crippen LogP contribution in [0, 0.1) is 6.92 Å². The molecule has 3 nitrogen and oxygen atoms in total. The van der Waals surface area contributed by atoms with Gasteiger partial charge in [0, 0.05) is 11.4 Å². The summed E-state index contributed by atoms with van der Waals surface area (Å²) in [5.74, 6) is 0. The molecule has 0 unspecified atom stereocenters. The van der Waals surface area contributed by atoms with Crippen LogP contribution in [0.5, 0.6) is 0 Å². The Morgan fingerprint density at radius 2 is 1.94 bits per heavy atom. The number of aryl methyl sites for hydroxylation is 2. The summed E-state index contributed by atoms with van der Waals surface area (Å²) >= 11 is 0. The average molecular weight is 228 g/mol. The molecule has 3 heteroatoms. The molecule has 0 amide bonds. The number of aromatic nitrogens is 2. The van der Waals surface area contributed by atoms with Gasteiger partial charge in [0.25, 0.3) is 0 Å². The average Bonchev–Trinajstić information content (AvgIpc) is 2.30. The Kier molecular flexibility index (Phi) is 3.38. The van der Waals surface area contributed by atoms with Crippen molar-refractivity contribution >= 4 is 0 Å². The summed E-state index contributed by atoms with van der Waals surface area (Å²) in [5.41, 5.74) is 2.48. The first-order chi connectivity index (χ1) is 8.22. The fourth-order valence-electron chi connectivity index (χ4n) is 1.94. The highest BCUT2D eigenvalue weighted by Gasteiger charge is 2.06. The van der Waals surface area contributed by atoms with Gasteiger partial charge in [-0.1, -0.05) is 31.5 Å². The van der Waals surface area contributed by atoms with Crippen LogP contribution in [-0.4, -0.2) is 9.55 Å². The molecule has 0 radical (unpaired) electrons. The molecule has 0 atom stereocenters. The zero-order valence-corrected chi connectivity index (χ0v) is 10.2. The van der Waals surface area contributed by atoms with Gasteiger partial charge in [-0.25, -0.2) is 4.79 Å². The van der Waals surface area contributed by atoms with Crippen molar-refractivity contribution < 1.29 is 0 Å². The summed E-state index contributed by atoms with van der Waals surface area (Å²) in [4.78, 5) is 16.1. The topological polar surface area (TPSA) is 34.9 Å². The van der Waals surface area contributed by atoms with E-state index in [9.17, 15) is 4.79 Å². The molecule has 17 heavy (non-hydrogen) atoms. The largest absolute Gasteiger partial charge is 0.352 e. The van der Waals surface area contributed by atoms with Crippen molar-refractivity contribution in [3.05, 3.63) is 58.3 Å². The fraction of sp³-hybridized carbons (Fsp3) is 0.286. The minimum absolute atomic E-state index is 0.195. The van der Waals surface area contributed by atoms with Crippen molar-refractivity contribution in [2.75, 3.05) is 0 Å². The van der Waals surface area contributed by atoms with Gasteiger partial charge in [0.05, 0.1) is 5.69 Å². The lowest BCUT2D eigenvalue weighted by Gasteiger charge is -2.10. The van der Waals surface area contributed by atoms with Gasteiger partial charge in [-0.3, -0.25) is 4.57 Å². The van der Waals surface area contributed by atoms with E-state index in [0.717, 1.165) is 29.9 Å². The van der Waals surface area contributed by atoms with Crippen LogP contribution in [0.25, 0.3) is 5.69 Å². The first kappa shape index (κ1) is 11.6. The normalized spacial score (nSPS) is 10.5. The summed E-state index contributed by atoms with van der Waals surface area (Å²) < 4.78 is 1.64. The summed E-state index contributed by atoms with van der Waals surface area (Å²) in [5, 5.41) is 0. The molecule has 0 N–H and O–H groups in total. The summed E-state index contributed by atoms with van der Waals surface area (Å²) in [6.45, 7) is 4.02. The van der Waals surface area contributed by atoms with Crippen LogP contribution >= 0.6 is 0 Å². The summed E-state index contributed by atoms with van der Waals surface area (Å²) in [6.07, 6.45) is 1.85. The molecule has 1 heterocycles. The Morgan fingerprint density at radius 1 is 1.24 bits per heavy atom. The highest BCUT2D eigenvalue weighted by atomic mass is 16.1. The third kappa shape index (κ3) is 2.44. The molecule has 1 aromatic heterocycles. The summed E-state index contributed by atoms with van der Waals surface area (Å²) in [6, 6.07) is 11.6. The zero-order valence-electron chi connectivity index (χ0n) is 10.2. The fourth-order valence-corrected chi connectivity index (χ4v) is 1.94. The SMILES string of the molecule is CCCc1cc(C)n(-c2ccccc2)c(=O)n1. The monoisotopic (exact) mass is 228 g/mol. The second-order valence-electron chi connectivity index (χ2n) is 4.09.